The summed E-state index contributed by atoms with van der Waals surface area (Å²) in [5, 5.41) is 152. The number of aliphatic hydroxyl groups excluding tert-OH is 14. The van der Waals surface area contributed by atoms with Crippen molar-refractivity contribution in [3.8, 4) is 0 Å². The number of unbranched alkanes of at least 4 members (excludes halogenated alkanes) is 1. The molecule has 0 spiro atoms. The van der Waals surface area contributed by atoms with E-state index in [1.807, 2.05) is 142 Å². The Hall–Kier alpha value is -5.56. The van der Waals surface area contributed by atoms with Crippen LogP contribution in [0.2, 0.25) is 0 Å². The zero-order valence-electron chi connectivity index (χ0n) is 53.6. The zero-order chi connectivity index (χ0) is 67.2. The SMILES string of the molecule is CC(=O)/C(C)=C/C=C/C=C/CC/C=C/C(C)C(O)C(C)C(O)/C=C/C=C/C=C/C=C/C=C/C=C/CC(O)C(C)C(CC(O)CC(O)/C=C/CC(O)CC(O)CC(O)/C=C/CC(O)CC(O)C(O)C(O)CC(O)CC(O)CCCN=C(N)N)NCc1ccccc1. The number of benzene rings is 1. The van der Waals surface area contributed by atoms with Crippen LogP contribution in [-0.2, 0) is 11.3 Å². The lowest BCUT2D eigenvalue weighted by atomic mass is 9.88. The Labute approximate surface area is 535 Å². The third kappa shape index (κ3) is 41.8. The standard InChI is InChI=1S/C71H112N4O15/c1-50(54(5)76)30-21-16-12-11-13-17-22-31-51(2)69(89)53(4)66(86)40-26-19-15-10-8-6-7-9-14-18-25-39-65(85)52(3)64(75-49-55-32-23-20-24-33-55)46-62(83)44-58(79)35-27-34-56(77)42-61(82)43-57(78)36-28-37-60(81)47-67(87)70(90)68(88)48-63(84)45-59(80)38-29-41-74-71(72)73/h6-12,14-16,18-28,30-33,35-36,40,51-53,56-70,75,77-90H,13,17,29,34,37-39,41-49H2,1-5H3,(H4,72,73,74)/b7-6+,10-8+,12-11+,14-9+,19-15+,21-16+,25-18+,31-22+,35-27+,36-28+,40-26+,50-30+. The summed E-state index contributed by atoms with van der Waals surface area (Å²) in [7, 11) is 0. The van der Waals surface area contributed by atoms with Crippen molar-refractivity contribution in [2.24, 2.45) is 34.2 Å². The molecule has 0 saturated heterocycles. The number of guanidine groups is 1. The maximum absolute atomic E-state index is 11.3. The van der Waals surface area contributed by atoms with Gasteiger partial charge in [0, 0.05) is 56.7 Å². The van der Waals surface area contributed by atoms with Crippen LogP contribution in [0.5, 0.6) is 0 Å². The van der Waals surface area contributed by atoms with Gasteiger partial charge in [-0.1, -0.05) is 191 Å². The first-order chi connectivity index (χ1) is 42.8. The molecule has 0 fully saturated rings. The van der Waals surface area contributed by atoms with E-state index in [1.165, 1.54) is 18.2 Å². The molecule has 0 aliphatic heterocycles. The van der Waals surface area contributed by atoms with Crippen LogP contribution in [-0.4, -0.2) is 181 Å². The van der Waals surface area contributed by atoms with Gasteiger partial charge in [-0.15, -0.1) is 0 Å². The van der Waals surface area contributed by atoms with Crippen LogP contribution in [0.4, 0.5) is 0 Å². The number of Topliss-reactive ketones (excluding diaryl/α,β-unsaturated/α-hetero) is 1. The molecule has 90 heavy (non-hydrogen) atoms. The van der Waals surface area contributed by atoms with Crippen molar-refractivity contribution in [3.05, 3.63) is 181 Å². The number of aliphatic hydroxyl groups is 14. The Bertz CT molecular complexity index is 2450. The van der Waals surface area contributed by atoms with Crippen LogP contribution in [0, 0.1) is 17.8 Å². The maximum Gasteiger partial charge on any atom is 0.185 e. The van der Waals surface area contributed by atoms with Crippen molar-refractivity contribution in [3.63, 3.8) is 0 Å². The Balaban J connectivity index is 2.57. The molecule has 19 heteroatoms. The van der Waals surface area contributed by atoms with Gasteiger partial charge in [0.25, 0.3) is 0 Å². The van der Waals surface area contributed by atoms with Crippen molar-refractivity contribution >= 4 is 11.7 Å². The Morgan fingerprint density at radius 3 is 1.58 bits per heavy atom. The summed E-state index contributed by atoms with van der Waals surface area (Å²) in [5.41, 5.74) is 12.3. The minimum Gasteiger partial charge on any atom is -0.393 e. The van der Waals surface area contributed by atoms with Crippen LogP contribution in [0.1, 0.15) is 130 Å². The van der Waals surface area contributed by atoms with Gasteiger partial charge in [0.1, 0.15) is 6.10 Å². The second kappa shape index (κ2) is 50.1. The quantitative estimate of drug-likeness (QED) is 0.00957. The van der Waals surface area contributed by atoms with Crippen molar-refractivity contribution in [1.82, 2.24) is 5.32 Å². The molecule has 0 bridgehead atoms. The van der Waals surface area contributed by atoms with E-state index < -0.39 is 85.5 Å². The number of carbonyl (C=O) groups is 1. The largest absolute Gasteiger partial charge is 0.393 e. The number of carbonyl (C=O) groups excluding carboxylic acids is 1. The smallest absolute Gasteiger partial charge is 0.185 e. The molecule has 19 N–H and O–H groups in total. The highest BCUT2D eigenvalue weighted by Crippen LogP contribution is 2.22. The molecule has 0 saturated carbocycles. The average Bonchev–Trinajstić information content (AvgIpc) is 3.67. The Morgan fingerprint density at radius 2 is 0.989 bits per heavy atom. The van der Waals surface area contributed by atoms with E-state index in [4.69, 9.17) is 11.5 Å². The van der Waals surface area contributed by atoms with Crippen LogP contribution in [0.25, 0.3) is 0 Å². The lowest BCUT2D eigenvalue weighted by molar-refractivity contribution is -0.113. The Morgan fingerprint density at radius 1 is 0.489 bits per heavy atom. The fourth-order valence-electron chi connectivity index (χ4n) is 9.48. The van der Waals surface area contributed by atoms with Gasteiger partial charge in [0.05, 0.1) is 79.4 Å². The molecule has 0 heterocycles. The normalized spacial score (nSPS) is 19.4. The third-order valence-electron chi connectivity index (χ3n) is 15.3. The highest BCUT2D eigenvalue weighted by molar-refractivity contribution is 5.92. The fraction of sp³-hybridized carbons (Fsp3) is 0.549. The van der Waals surface area contributed by atoms with Crippen LogP contribution < -0.4 is 16.8 Å². The summed E-state index contributed by atoms with van der Waals surface area (Å²) in [6.45, 7) is 9.79. The molecule has 1 rings (SSSR count). The Kier molecular flexibility index (Phi) is 45.9. The number of nitrogens with two attached hydrogens (primary N) is 2. The van der Waals surface area contributed by atoms with Crippen LogP contribution >= 0.6 is 0 Å². The summed E-state index contributed by atoms with van der Waals surface area (Å²) in [4.78, 5) is 15.1. The number of hydrogen-bond donors (Lipinski definition) is 17. The molecular formula is C71H112N4O15. The van der Waals surface area contributed by atoms with Gasteiger partial charge >= 0.3 is 0 Å². The number of ketones is 1. The van der Waals surface area contributed by atoms with E-state index in [0.29, 0.717) is 37.9 Å². The molecule has 0 aliphatic rings. The van der Waals surface area contributed by atoms with E-state index in [0.717, 1.165) is 18.4 Å². The topological polar surface area (TPSA) is 377 Å². The van der Waals surface area contributed by atoms with E-state index in [2.05, 4.69) is 10.3 Å². The lowest BCUT2D eigenvalue weighted by Crippen LogP contribution is -2.42. The molecule has 19 nitrogen and oxygen atoms in total. The first-order valence-electron chi connectivity index (χ1n) is 31.7. The predicted octanol–water partition coefficient (Wildman–Crippen LogP) is 5.49. The minimum absolute atomic E-state index is 0.00343. The molecule has 18 unspecified atom stereocenters. The highest BCUT2D eigenvalue weighted by Gasteiger charge is 2.30. The predicted molar refractivity (Wildman–Crippen MR) is 359 cm³/mol. The summed E-state index contributed by atoms with van der Waals surface area (Å²) in [6.07, 6.45) is 27.8. The number of aliphatic imine (C=N–C) groups is 1. The van der Waals surface area contributed by atoms with Crippen molar-refractivity contribution < 1.29 is 76.3 Å². The van der Waals surface area contributed by atoms with Crippen molar-refractivity contribution in [2.45, 2.75) is 223 Å². The highest BCUT2D eigenvalue weighted by atomic mass is 16.4. The van der Waals surface area contributed by atoms with Crippen molar-refractivity contribution in [2.75, 3.05) is 6.54 Å². The second-order valence-corrected chi connectivity index (χ2v) is 23.5. The molecule has 0 radical (unpaired) electrons. The van der Waals surface area contributed by atoms with E-state index in [9.17, 15) is 76.3 Å². The lowest BCUT2D eigenvalue weighted by Gasteiger charge is -2.31. The number of nitrogens with zero attached hydrogens (tertiary/aromatic N) is 1. The fourth-order valence-corrected chi connectivity index (χ4v) is 9.48. The van der Waals surface area contributed by atoms with Crippen molar-refractivity contribution in [1.29, 1.82) is 0 Å². The number of allylic oxidation sites excluding steroid dienone is 17. The van der Waals surface area contributed by atoms with Gasteiger partial charge in [-0.05, 0) is 95.1 Å². The van der Waals surface area contributed by atoms with Gasteiger partial charge < -0.3 is 88.3 Å². The maximum atomic E-state index is 11.3. The number of nitrogens with one attached hydrogen (secondary N) is 1. The van der Waals surface area contributed by atoms with E-state index in [-0.39, 0.29) is 93.3 Å². The van der Waals surface area contributed by atoms with E-state index in [1.54, 1.807) is 44.2 Å². The molecule has 0 amide bonds. The van der Waals surface area contributed by atoms with Crippen LogP contribution in [0.3, 0.4) is 0 Å². The number of rotatable bonds is 49. The monoisotopic (exact) mass is 1260 g/mol. The average molecular weight is 1260 g/mol. The van der Waals surface area contributed by atoms with E-state index >= 15 is 0 Å². The molecule has 506 valence electrons. The van der Waals surface area contributed by atoms with Gasteiger partial charge in [0.15, 0.2) is 11.7 Å². The minimum atomic E-state index is -1.69. The summed E-state index contributed by atoms with van der Waals surface area (Å²) < 4.78 is 0. The summed E-state index contributed by atoms with van der Waals surface area (Å²) in [5.74, 6) is -0.810. The molecule has 0 aromatic heterocycles. The van der Waals surface area contributed by atoms with Gasteiger partial charge in [-0.3, -0.25) is 9.79 Å². The van der Waals surface area contributed by atoms with Gasteiger partial charge in [-0.25, -0.2) is 0 Å². The van der Waals surface area contributed by atoms with Gasteiger partial charge in [-0.2, -0.15) is 0 Å². The number of hydrogen-bond acceptors (Lipinski definition) is 17. The molecular weight excluding hydrogens is 1150 g/mol. The molecule has 18 atom stereocenters. The summed E-state index contributed by atoms with van der Waals surface area (Å²) in [6, 6.07) is 9.43. The molecule has 0 aliphatic carbocycles. The van der Waals surface area contributed by atoms with Crippen LogP contribution in [0.15, 0.2) is 181 Å². The summed E-state index contributed by atoms with van der Waals surface area (Å²) >= 11 is 0. The zero-order valence-corrected chi connectivity index (χ0v) is 53.6. The first-order valence-corrected chi connectivity index (χ1v) is 31.7. The third-order valence-corrected chi connectivity index (χ3v) is 15.3. The molecule has 1 aromatic rings. The molecule has 1 aromatic carbocycles. The second-order valence-electron chi connectivity index (χ2n) is 23.5. The first kappa shape index (κ1) is 82.5. The van der Waals surface area contributed by atoms with Gasteiger partial charge in [0.2, 0.25) is 0 Å².